The normalized spacial score (nSPS) is 10.8. The highest BCUT2D eigenvalue weighted by Crippen LogP contribution is 2.21. The quantitative estimate of drug-likeness (QED) is 0.656. The lowest BCUT2D eigenvalue weighted by Crippen LogP contribution is -2.39. The minimum absolute atomic E-state index is 0.305. The van der Waals surface area contributed by atoms with E-state index in [2.05, 4.69) is 10.5 Å². The maximum absolute atomic E-state index is 11.9. The van der Waals surface area contributed by atoms with Crippen LogP contribution in [0, 0.1) is 6.92 Å². The number of nitrogens with zero attached hydrogens (tertiary/aromatic N) is 2. The number of carbonyl (C=O) groups excluding carboxylic acids is 1. The van der Waals surface area contributed by atoms with Gasteiger partial charge >= 0.3 is 0 Å². The van der Waals surface area contributed by atoms with Crippen LogP contribution in [0.25, 0.3) is 0 Å². The molecule has 1 amide bonds. The zero-order chi connectivity index (χ0) is 15.3. The Morgan fingerprint density at radius 1 is 1.30 bits per heavy atom. The maximum Gasteiger partial charge on any atom is 0.260 e. The average molecular weight is 297 g/mol. The molecule has 1 rings (SSSR count). The summed E-state index contributed by atoms with van der Waals surface area (Å²) in [6, 6.07) is 6.99. The molecule has 1 N–H and O–H groups in total. The first-order valence-electron chi connectivity index (χ1n) is 6.05. The Labute approximate surface area is 119 Å². The van der Waals surface area contributed by atoms with Gasteiger partial charge in [-0.1, -0.05) is 18.2 Å². The first-order chi connectivity index (χ1) is 9.21. The second-order valence-electron chi connectivity index (χ2n) is 4.65. The first-order valence-corrected chi connectivity index (χ1v) is 7.89. The van der Waals surface area contributed by atoms with Gasteiger partial charge in [-0.15, -0.1) is 0 Å². The third-order valence-electron chi connectivity index (χ3n) is 2.48. The SMILES string of the molecule is CC(C)=NNC(=O)CN(c1ccccc1C)S(C)(=O)=O. The number of hydrogen-bond donors (Lipinski definition) is 1. The number of benzene rings is 1. The van der Waals surface area contributed by atoms with Crippen molar-refractivity contribution in [1.29, 1.82) is 0 Å². The van der Waals surface area contributed by atoms with Crippen molar-refractivity contribution < 1.29 is 13.2 Å². The Hall–Kier alpha value is -1.89. The Morgan fingerprint density at radius 3 is 2.40 bits per heavy atom. The smallest absolute Gasteiger partial charge is 0.260 e. The molecule has 0 atom stereocenters. The van der Waals surface area contributed by atoms with Gasteiger partial charge in [-0.05, 0) is 32.4 Å². The van der Waals surface area contributed by atoms with Gasteiger partial charge in [0.15, 0.2) is 0 Å². The van der Waals surface area contributed by atoms with E-state index in [4.69, 9.17) is 0 Å². The Balaban J connectivity index is 3.02. The highest BCUT2D eigenvalue weighted by Gasteiger charge is 2.21. The summed E-state index contributed by atoms with van der Waals surface area (Å²) in [4.78, 5) is 11.8. The summed E-state index contributed by atoms with van der Waals surface area (Å²) in [6.45, 7) is 4.95. The molecule has 0 aliphatic heterocycles. The van der Waals surface area contributed by atoms with Crippen molar-refractivity contribution in [2.45, 2.75) is 20.8 Å². The number of hydrogen-bond acceptors (Lipinski definition) is 4. The molecule has 0 spiro atoms. The molecule has 110 valence electrons. The van der Waals surface area contributed by atoms with Crippen LogP contribution in [0.4, 0.5) is 5.69 Å². The van der Waals surface area contributed by atoms with Gasteiger partial charge in [-0.2, -0.15) is 5.10 Å². The standard InChI is InChI=1S/C13H19N3O3S/c1-10(2)14-15-13(17)9-16(20(4,18)19)12-8-6-5-7-11(12)3/h5-8H,9H2,1-4H3,(H,15,17). The van der Waals surface area contributed by atoms with Gasteiger partial charge in [0.1, 0.15) is 6.54 Å². The molecular formula is C13H19N3O3S. The van der Waals surface area contributed by atoms with E-state index in [-0.39, 0.29) is 6.54 Å². The van der Waals surface area contributed by atoms with Gasteiger partial charge in [-0.25, -0.2) is 13.8 Å². The van der Waals surface area contributed by atoms with Crippen LogP contribution in [-0.4, -0.2) is 32.8 Å². The van der Waals surface area contributed by atoms with E-state index in [0.29, 0.717) is 11.4 Å². The maximum atomic E-state index is 11.9. The highest BCUT2D eigenvalue weighted by molar-refractivity contribution is 7.92. The third-order valence-corrected chi connectivity index (χ3v) is 3.60. The zero-order valence-electron chi connectivity index (χ0n) is 12.0. The second-order valence-corrected chi connectivity index (χ2v) is 6.56. The first kappa shape index (κ1) is 16.2. The lowest BCUT2D eigenvalue weighted by molar-refractivity contribution is -0.119. The van der Waals surface area contributed by atoms with Crippen molar-refractivity contribution in [2.75, 3.05) is 17.1 Å². The molecular weight excluding hydrogens is 278 g/mol. The van der Waals surface area contributed by atoms with Gasteiger partial charge in [0.25, 0.3) is 5.91 Å². The summed E-state index contributed by atoms with van der Waals surface area (Å²) in [5.74, 6) is -0.486. The average Bonchev–Trinajstić information content (AvgIpc) is 2.33. The summed E-state index contributed by atoms with van der Waals surface area (Å²) >= 11 is 0. The van der Waals surface area contributed by atoms with Crippen LogP contribution in [-0.2, 0) is 14.8 Å². The van der Waals surface area contributed by atoms with Crippen LogP contribution in [0.3, 0.4) is 0 Å². The molecule has 6 nitrogen and oxygen atoms in total. The molecule has 20 heavy (non-hydrogen) atoms. The summed E-state index contributed by atoms with van der Waals surface area (Å²) in [5, 5.41) is 3.77. The van der Waals surface area contributed by atoms with E-state index in [1.165, 1.54) is 0 Å². The monoisotopic (exact) mass is 297 g/mol. The molecule has 1 aromatic rings. The predicted octanol–water partition coefficient (Wildman–Crippen LogP) is 1.27. The minimum Gasteiger partial charge on any atom is -0.271 e. The van der Waals surface area contributed by atoms with E-state index in [0.717, 1.165) is 16.1 Å². The molecule has 0 aliphatic rings. The van der Waals surface area contributed by atoms with Crippen molar-refractivity contribution in [2.24, 2.45) is 5.10 Å². The molecule has 0 bridgehead atoms. The van der Waals surface area contributed by atoms with Crippen LogP contribution in [0.15, 0.2) is 29.4 Å². The number of rotatable bonds is 5. The molecule has 0 fully saturated rings. The fourth-order valence-corrected chi connectivity index (χ4v) is 2.48. The zero-order valence-corrected chi connectivity index (χ0v) is 12.9. The lowest BCUT2D eigenvalue weighted by Gasteiger charge is -2.23. The summed E-state index contributed by atoms with van der Waals surface area (Å²) in [6.07, 6.45) is 1.07. The van der Waals surface area contributed by atoms with Crippen LogP contribution >= 0.6 is 0 Å². The predicted molar refractivity (Wildman–Crippen MR) is 80.3 cm³/mol. The van der Waals surface area contributed by atoms with E-state index in [1.807, 2.05) is 6.07 Å². The second kappa shape index (κ2) is 6.51. The Morgan fingerprint density at radius 2 is 1.90 bits per heavy atom. The van der Waals surface area contributed by atoms with E-state index >= 15 is 0 Å². The third kappa shape index (κ3) is 4.65. The molecule has 0 aliphatic carbocycles. The van der Waals surface area contributed by atoms with Crippen LogP contribution in [0.5, 0.6) is 0 Å². The van der Waals surface area contributed by atoms with Crippen molar-refractivity contribution >= 4 is 27.3 Å². The minimum atomic E-state index is -3.55. The Kier molecular flexibility index (Phi) is 5.26. The van der Waals surface area contributed by atoms with Crippen LogP contribution < -0.4 is 9.73 Å². The molecule has 0 saturated carbocycles. The van der Waals surface area contributed by atoms with Gasteiger partial charge in [0.05, 0.1) is 11.9 Å². The summed E-state index contributed by atoms with van der Waals surface area (Å²) in [7, 11) is -3.55. The molecule has 7 heteroatoms. The fourth-order valence-electron chi connectivity index (χ4n) is 1.56. The number of aryl methyl sites for hydroxylation is 1. The van der Waals surface area contributed by atoms with Gasteiger partial charge in [0, 0.05) is 5.71 Å². The molecule has 0 aromatic heterocycles. The number of carbonyl (C=O) groups is 1. The van der Waals surface area contributed by atoms with E-state index < -0.39 is 15.9 Å². The number of sulfonamides is 1. The lowest BCUT2D eigenvalue weighted by atomic mass is 10.2. The van der Waals surface area contributed by atoms with Crippen molar-refractivity contribution in [1.82, 2.24) is 5.43 Å². The number of anilines is 1. The molecule has 0 saturated heterocycles. The highest BCUT2D eigenvalue weighted by atomic mass is 32.2. The number of hydrazone groups is 1. The van der Waals surface area contributed by atoms with Crippen LogP contribution in [0.2, 0.25) is 0 Å². The molecule has 1 aromatic carbocycles. The van der Waals surface area contributed by atoms with Crippen molar-refractivity contribution in [3.8, 4) is 0 Å². The summed E-state index contributed by atoms with van der Waals surface area (Å²) in [5.41, 5.74) is 4.26. The number of amides is 1. The number of para-hydroxylation sites is 1. The molecule has 0 heterocycles. The van der Waals surface area contributed by atoms with E-state index in [1.54, 1.807) is 39.0 Å². The molecule has 0 radical (unpaired) electrons. The topological polar surface area (TPSA) is 78.8 Å². The van der Waals surface area contributed by atoms with Crippen molar-refractivity contribution in [3.05, 3.63) is 29.8 Å². The Bertz CT molecular complexity index is 620. The number of nitrogens with one attached hydrogen (secondary N) is 1. The van der Waals surface area contributed by atoms with Gasteiger partial charge in [0.2, 0.25) is 10.0 Å². The van der Waals surface area contributed by atoms with Crippen LogP contribution in [0.1, 0.15) is 19.4 Å². The van der Waals surface area contributed by atoms with E-state index in [9.17, 15) is 13.2 Å². The summed E-state index contributed by atoms with van der Waals surface area (Å²) < 4.78 is 24.8. The van der Waals surface area contributed by atoms with Gasteiger partial charge < -0.3 is 0 Å². The fraction of sp³-hybridized carbons (Fsp3) is 0.385. The van der Waals surface area contributed by atoms with Gasteiger partial charge in [-0.3, -0.25) is 9.10 Å². The van der Waals surface area contributed by atoms with Crippen molar-refractivity contribution in [3.63, 3.8) is 0 Å². The molecule has 0 unspecified atom stereocenters. The largest absolute Gasteiger partial charge is 0.271 e.